The lowest BCUT2D eigenvalue weighted by atomic mass is 10.0. The van der Waals surface area contributed by atoms with Gasteiger partial charge in [0.05, 0.1) is 12.1 Å². The minimum atomic E-state index is -0.955. The maximum absolute atomic E-state index is 13.8. The van der Waals surface area contributed by atoms with E-state index >= 15 is 0 Å². The summed E-state index contributed by atoms with van der Waals surface area (Å²) in [5.74, 6) is -0.698. The number of amides is 2. The molecule has 0 bridgehead atoms. The molecule has 0 radical (unpaired) electrons. The number of carbonyl (C=O) groups excluding carboxylic acids is 2. The summed E-state index contributed by atoms with van der Waals surface area (Å²) in [7, 11) is 1.55. The summed E-state index contributed by atoms with van der Waals surface area (Å²) in [5, 5.41) is 11.6. The number of aromatic nitrogens is 4. The quantitative estimate of drug-likeness (QED) is 0.371. The second kappa shape index (κ2) is 10.9. The number of halogens is 1. The summed E-state index contributed by atoms with van der Waals surface area (Å²) in [6.07, 6.45) is 3.17. The van der Waals surface area contributed by atoms with E-state index in [2.05, 4.69) is 20.6 Å². The second-order valence-corrected chi connectivity index (χ2v) is 7.88. The Bertz CT molecular complexity index is 1260. The Labute approximate surface area is 201 Å². The van der Waals surface area contributed by atoms with E-state index in [0.717, 1.165) is 5.52 Å². The number of methoxy groups -OCH3 is 1. The van der Waals surface area contributed by atoms with Crippen LogP contribution in [0, 0.1) is 0 Å². The van der Waals surface area contributed by atoms with Crippen molar-refractivity contribution in [3.8, 4) is 0 Å². The number of ether oxygens (including phenoxy) is 1. The van der Waals surface area contributed by atoms with E-state index in [0.29, 0.717) is 34.9 Å². The highest BCUT2D eigenvalue weighted by molar-refractivity contribution is 6.30. The highest BCUT2D eigenvalue weighted by atomic mass is 35.5. The van der Waals surface area contributed by atoms with Gasteiger partial charge in [-0.25, -0.2) is 4.68 Å². The fraction of sp³-hybridized carbons (Fsp3) is 0.208. The van der Waals surface area contributed by atoms with Crippen molar-refractivity contribution in [1.29, 1.82) is 0 Å². The third kappa shape index (κ3) is 5.22. The van der Waals surface area contributed by atoms with Crippen LogP contribution in [0.25, 0.3) is 11.0 Å². The van der Waals surface area contributed by atoms with Gasteiger partial charge in [-0.3, -0.25) is 19.5 Å². The fourth-order valence-electron chi connectivity index (χ4n) is 3.61. The second-order valence-electron chi connectivity index (χ2n) is 7.44. The van der Waals surface area contributed by atoms with Gasteiger partial charge in [-0.15, -0.1) is 5.10 Å². The molecule has 1 atom stereocenters. The molecule has 174 valence electrons. The average Bonchev–Trinajstić information content (AvgIpc) is 3.26. The van der Waals surface area contributed by atoms with E-state index < -0.39 is 6.04 Å². The molecule has 0 fully saturated rings. The lowest BCUT2D eigenvalue weighted by Crippen LogP contribution is -2.46. The van der Waals surface area contributed by atoms with Gasteiger partial charge in [0.2, 0.25) is 11.8 Å². The first-order chi connectivity index (χ1) is 16.6. The number of anilines is 1. The van der Waals surface area contributed by atoms with Gasteiger partial charge in [-0.1, -0.05) is 28.9 Å². The molecule has 0 aliphatic heterocycles. The van der Waals surface area contributed by atoms with Gasteiger partial charge in [0.15, 0.2) is 0 Å². The van der Waals surface area contributed by atoms with Crippen molar-refractivity contribution in [3.05, 3.63) is 83.6 Å². The largest absolute Gasteiger partial charge is 0.383 e. The summed E-state index contributed by atoms with van der Waals surface area (Å²) in [6.45, 7) is 0.526. The minimum absolute atomic E-state index is 0.115. The molecule has 2 amide bonds. The highest BCUT2D eigenvalue weighted by Crippen LogP contribution is 2.29. The smallest absolute Gasteiger partial charge is 0.249 e. The topological polar surface area (TPSA) is 102 Å². The first kappa shape index (κ1) is 23.3. The van der Waals surface area contributed by atoms with Crippen LogP contribution in [0.15, 0.2) is 73.1 Å². The van der Waals surface area contributed by atoms with E-state index in [1.54, 1.807) is 55.9 Å². The lowest BCUT2D eigenvalue weighted by molar-refractivity contribution is -0.127. The predicted octanol–water partition coefficient (Wildman–Crippen LogP) is 3.02. The molecule has 4 rings (SSSR count). The van der Waals surface area contributed by atoms with Gasteiger partial charge in [0, 0.05) is 36.8 Å². The standard InChI is InChI=1S/C24H23ClN6O3/c1-34-15-14-27-24(33)23(17-10-12-26-13-11-17)31(19-8-6-18(25)7-9-19)22(32)16-30-21-5-3-2-4-20(21)28-29-30/h2-13,23H,14-16H2,1H3,(H,27,33)/t23-/m0/s1. The summed E-state index contributed by atoms with van der Waals surface area (Å²) < 4.78 is 6.58. The summed E-state index contributed by atoms with van der Waals surface area (Å²) in [6, 6.07) is 16.6. The van der Waals surface area contributed by atoms with Crippen molar-refractivity contribution in [2.24, 2.45) is 0 Å². The van der Waals surface area contributed by atoms with Gasteiger partial charge in [0.1, 0.15) is 18.1 Å². The molecule has 2 heterocycles. The zero-order valence-corrected chi connectivity index (χ0v) is 19.2. The zero-order chi connectivity index (χ0) is 23.9. The van der Waals surface area contributed by atoms with Crippen molar-refractivity contribution in [3.63, 3.8) is 0 Å². The monoisotopic (exact) mass is 478 g/mol. The molecule has 34 heavy (non-hydrogen) atoms. The van der Waals surface area contributed by atoms with E-state index in [1.165, 1.54) is 9.58 Å². The maximum atomic E-state index is 13.8. The fourth-order valence-corrected chi connectivity index (χ4v) is 3.74. The number of nitrogens with one attached hydrogen (secondary N) is 1. The highest BCUT2D eigenvalue weighted by Gasteiger charge is 2.33. The van der Waals surface area contributed by atoms with E-state index in [-0.39, 0.29) is 18.4 Å². The molecular formula is C24H23ClN6O3. The Morgan fingerprint density at radius 2 is 1.82 bits per heavy atom. The molecule has 2 aromatic carbocycles. The average molecular weight is 479 g/mol. The van der Waals surface area contributed by atoms with Gasteiger partial charge in [0.25, 0.3) is 0 Å². The van der Waals surface area contributed by atoms with Crippen LogP contribution in [0.5, 0.6) is 0 Å². The third-order valence-corrected chi connectivity index (χ3v) is 5.46. The SMILES string of the molecule is COCCNC(=O)[C@H](c1ccncc1)N(C(=O)Cn1nnc2ccccc21)c1ccc(Cl)cc1. The van der Waals surface area contributed by atoms with Crippen LogP contribution in [-0.4, -0.2) is 52.1 Å². The zero-order valence-electron chi connectivity index (χ0n) is 18.5. The lowest BCUT2D eigenvalue weighted by Gasteiger charge is -2.31. The number of pyridine rings is 1. The molecule has 0 aliphatic carbocycles. The van der Waals surface area contributed by atoms with Crippen molar-refractivity contribution in [2.45, 2.75) is 12.6 Å². The number of nitrogens with zero attached hydrogens (tertiary/aromatic N) is 5. The molecule has 0 saturated heterocycles. The Hall–Kier alpha value is -3.82. The van der Waals surface area contributed by atoms with Gasteiger partial charge >= 0.3 is 0 Å². The van der Waals surface area contributed by atoms with Crippen LogP contribution in [-0.2, 0) is 20.9 Å². The van der Waals surface area contributed by atoms with Gasteiger partial charge < -0.3 is 10.1 Å². The van der Waals surface area contributed by atoms with Gasteiger partial charge in [-0.05, 0) is 54.1 Å². The van der Waals surface area contributed by atoms with E-state index in [9.17, 15) is 9.59 Å². The van der Waals surface area contributed by atoms with Gasteiger partial charge in [-0.2, -0.15) is 0 Å². The third-order valence-electron chi connectivity index (χ3n) is 5.21. The molecular weight excluding hydrogens is 456 g/mol. The number of benzene rings is 2. The molecule has 4 aromatic rings. The van der Waals surface area contributed by atoms with E-state index in [4.69, 9.17) is 16.3 Å². The molecule has 10 heteroatoms. The number of para-hydroxylation sites is 1. The minimum Gasteiger partial charge on any atom is -0.383 e. The normalized spacial score (nSPS) is 11.8. The van der Waals surface area contributed by atoms with E-state index in [1.807, 2.05) is 24.3 Å². The van der Waals surface area contributed by atoms with Crippen LogP contribution < -0.4 is 10.2 Å². The number of rotatable bonds is 9. The van der Waals surface area contributed by atoms with Crippen molar-refractivity contribution >= 4 is 40.1 Å². The van der Waals surface area contributed by atoms with Crippen LogP contribution in [0.3, 0.4) is 0 Å². The molecule has 2 aromatic heterocycles. The van der Waals surface area contributed by atoms with Crippen LogP contribution in [0.4, 0.5) is 5.69 Å². The van der Waals surface area contributed by atoms with Crippen LogP contribution in [0.1, 0.15) is 11.6 Å². The predicted molar refractivity (Wildman–Crippen MR) is 128 cm³/mol. The number of hydrogen-bond acceptors (Lipinski definition) is 6. The molecule has 0 spiro atoms. The summed E-state index contributed by atoms with van der Waals surface area (Å²) in [4.78, 5) is 32.7. The van der Waals surface area contributed by atoms with Crippen molar-refractivity contribution < 1.29 is 14.3 Å². The molecule has 9 nitrogen and oxygen atoms in total. The summed E-state index contributed by atoms with van der Waals surface area (Å²) >= 11 is 6.09. The first-order valence-corrected chi connectivity index (χ1v) is 11.0. The first-order valence-electron chi connectivity index (χ1n) is 10.6. The summed E-state index contributed by atoms with van der Waals surface area (Å²) in [5.41, 5.74) is 2.52. The number of fused-ring (bicyclic) bond motifs is 1. The van der Waals surface area contributed by atoms with Crippen molar-refractivity contribution in [1.82, 2.24) is 25.3 Å². The van der Waals surface area contributed by atoms with Crippen molar-refractivity contribution in [2.75, 3.05) is 25.2 Å². The maximum Gasteiger partial charge on any atom is 0.249 e. The molecule has 1 N–H and O–H groups in total. The Balaban J connectivity index is 1.75. The van der Waals surface area contributed by atoms with Crippen LogP contribution in [0.2, 0.25) is 5.02 Å². The van der Waals surface area contributed by atoms with Crippen LogP contribution >= 0.6 is 11.6 Å². The Morgan fingerprint density at radius 1 is 1.09 bits per heavy atom. The Morgan fingerprint density at radius 3 is 2.56 bits per heavy atom. The number of carbonyl (C=O) groups is 2. The molecule has 0 aliphatic rings. The Kier molecular flexibility index (Phi) is 7.46. The number of hydrogen-bond donors (Lipinski definition) is 1. The molecule has 0 unspecified atom stereocenters. The molecule has 0 saturated carbocycles.